The molecule has 2 rings (SSSR count). The van der Waals surface area contributed by atoms with Crippen molar-refractivity contribution in [1.82, 2.24) is 0 Å². The van der Waals surface area contributed by atoms with Crippen LogP contribution in [0.2, 0.25) is 0 Å². The molecule has 2 unspecified atom stereocenters. The van der Waals surface area contributed by atoms with E-state index in [1.165, 1.54) is 0 Å². The first-order valence-corrected chi connectivity index (χ1v) is 8.00. The van der Waals surface area contributed by atoms with Gasteiger partial charge in [0, 0.05) is 10.2 Å². The zero-order chi connectivity index (χ0) is 14.8. The molecule has 0 aromatic heterocycles. The largest absolute Gasteiger partial charge is 0.480 e. The van der Waals surface area contributed by atoms with Gasteiger partial charge in [-0.2, -0.15) is 0 Å². The first kappa shape index (κ1) is 15.4. The summed E-state index contributed by atoms with van der Waals surface area (Å²) in [5.74, 6) is 0.253. The molecule has 1 aliphatic carbocycles. The molecule has 0 spiro atoms. The molecular weight excluding hydrogens is 318 g/mol. The van der Waals surface area contributed by atoms with Gasteiger partial charge in [0.25, 0.3) is 0 Å². The highest BCUT2D eigenvalue weighted by Gasteiger charge is 2.43. The molecule has 0 amide bonds. The first-order valence-electron chi connectivity index (χ1n) is 7.21. The number of nitrogens with one attached hydrogen (secondary N) is 1. The highest BCUT2D eigenvalue weighted by atomic mass is 79.9. The minimum Gasteiger partial charge on any atom is -0.480 e. The molecular formula is C16H22BrNO2. The van der Waals surface area contributed by atoms with Crippen LogP contribution in [0.5, 0.6) is 0 Å². The summed E-state index contributed by atoms with van der Waals surface area (Å²) >= 11 is 3.48. The molecule has 0 radical (unpaired) electrons. The van der Waals surface area contributed by atoms with E-state index in [-0.39, 0.29) is 0 Å². The molecule has 2 N–H and O–H groups in total. The van der Waals surface area contributed by atoms with E-state index in [0.717, 1.165) is 23.0 Å². The number of halogens is 1. The van der Waals surface area contributed by atoms with Gasteiger partial charge in [-0.25, -0.2) is 4.79 Å². The van der Waals surface area contributed by atoms with Gasteiger partial charge in [0.1, 0.15) is 5.54 Å². The number of hydrogen-bond donors (Lipinski definition) is 2. The fourth-order valence-corrected chi connectivity index (χ4v) is 3.45. The molecule has 20 heavy (non-hydrogen) atoms. The van der Waals surface area contributed by atoms with Gasteiger partial charge in [0.05, 0.1) is 0 Å². The van der Waals surface area contributed by atoms with Gasteiger partial charge in [0.15, 0.2) is 0 Å². The van der Waals surface area contributed by atoms with Crippen molar-refractivity contribution in [3.8, 4) is 0 Å². The van der Waals surface area contributed by atoms with Crippen LogP contribution in [0.4, 0.5) is 5.69 Å². The van der Waals surface area contributed by atoms with Gasteiger partial charge in [-0.05, 0) is 59.2 Å². The average Bonchev–Trinajstić information content (AvgIpc) is 2.41. The molecule has 0 aliphatic heterocycles. The number of para-hydroxylation sites is 1. The van der Waals surface area contributed by atoms with E-state index >= 15 is 0 Å². The SMILES string of the molecule is CC(C)C1CCCC(Nc2ccccc2Br)(C(=O)O)C1. The molecule has 4 heteroatoms. The number of anilines is 1. The number of hydrogen-bond acceptors (Lipinski definition) is 2. The monoisotopic (exact) mass is 339 g/mol. The Hall–Kier alpha value is -1.03. The van der Waals surface area contributed by atoms with E-state index < -0.39 is 11.5 Å². The van der Waals surface area contributed by atoms with Crippen molar-refractivity contribution in [3.05, 3.63) is 28.7 Å². The van der Waals surface area contributed by atoms with Crippen LogP contribution in [-0.4, -0.2) is 16.6 Å². The maximum absolute atomic E-state index is 11.9. The van der Waals surface area contributed by atoms with Crippen molar-refractivity contribution in [2.45, 2.75) is 45.1 Å². The number of rotatable bonds is 4. The third kappa shape index (κ3) is 3.17. The summed E-state index contributed by atoms with van der Waals surface area (Å²) in [7, 11) is 0. The summed E-state index contributed by atoms with van der Waals surface area (Å²) < 4.78 is 0.910. The molecule has 2 atom stereocenters. The number of carboxylic acids is 1. The summed E-state index contributed by atoms with van der Waals surface area (Å²) in [5.41, 5.74) is 0.0242. The lowest BCUT2D eigenvalue weighted by molar-refractivity contribution is -0.144. The Morgan fingerprint density at radius 3 is 2.75 bits per heavy atom. The predicted molar refractivity (Wildman–Crippen MR) is 84.9 cm³/mol. The van der Waals surface area contributed by atoms with Crippen LogP contribution in [0.15, 0.2) is 28.7 Å². The lowest BCUT2D eigenvalue weighted by Gasteiger charge is -2.40. The summed E-state index contributed by atoms with van der Waals surface area (Å²) in [5, 5.41) is 13.1. The van der Waals surface area contributed by atoms with E-state index in [1.54, 1.807) is 0 Å². The van der Waals surface area contributed by atoms with Crippen molar-refractivity contribution in [1.29, 1.82) is 0 Å². The first-order chi connectivity index (χ1) is 9.44. The Labute approximate surface area is 128 Å². The molecule has 1 fully saturated rings. The zero-order valence-electron chi connectivity index (χ0n) is 12.0. The fraction of sp³-hybridized carbons (Fsp3) is 0.562. The molecule has 1 saturated carbocycles. The third-order valence-corrected chi connectivity index (χ3v) is 5.08. The second-order valence-electron chi connectivity index (χ2n) is 6.09. The Morgan fingerprint density at radius 2 is 2.15 bits per heavy atom. The van der Waals surface area contributed by atoms with Gasteiger partial charge in [-0.3, -0.25) is 0 Å². The topological polar surface area (TPSA) is 49.3 Å². The minimum absolute atomic E-state index is 0.467. The fourth-order valence-electron chi connectivity index (χ4n) is 3.07. The lowest BCUT2D eigenvalue weighted by Crippen LogP contribution is -2.50. The van der Waals surface area contributed by atoms with E-state index in [9.17, 15) is 9.90 Å². The van der Waals surface area contributed by atoms with E-state index in [0.29, 0.717) is 24.7 Å². The number of carboxylic acid groups (broad SMARTS) is 1. The number of aliphatic carboxylic acids is 1. The van der Waals surface area contributed by atoms with Crippen molar-refractivity contribution < 1.29 is 9.90 Å². The van der Waals surface area contributed by atoms with Gasteiger partial charge >= 0.3 is 5.97 Å². The molecule has 3 nitrogen and oxygen atoms in total. The van der Waals surface area contributed by atoms with Gasteiger partial charge in [-0.15, -0.1) is 0 Å². The average molecular weight is 340 g/mol. The van der Waals surface area contributed by atoms with E-state index in [2.05, 4.69) is 35.1 Å². The highest BCUT2D eigenvalue weighted by Crippen LogP contribution is 2.39. The molecule has 1 aromatic carbocycles. The van der Waals surface area contributed by atoms with E-state index in [4.69, 9.17) is 0 Å². The molecule has 0 heterocycles. The second-order valence-corrected chi connectivity index (χ2v) is 6.95. The number of benzene rings is 1. The molecule has 0 bridgehead atoms. The van der Waals surface area contributed by atoms with Crippen LogP contribution in [0.3, 0.4) is 0 Å². The van der Waals surface area contributed by atoms with Crippen LogP contribution < -0.4 is 5.32 Å². The maximum atomic E-state index is 11.9. The summed E-state index contributed by atoms with van der Waals surface area (Å²) in [6.45, 7) is 4.36. The Morgan fingerprint density at radius 1 is 1.45 bits per heavy atom. The summed E-state index contributed by atoms with van der Waals surface area (Å²) in [6.07, 6.45) is 3.48. The second kappa shape index (κ2) is 6.17. The predicted octanol–water partition coefficient (Wildman–Crippen LogP) is 4.53. The van der Waals surface area contributed by atoms with Crippen LogP contribution >= 0.6 is 15.9 Å². The van der Waals surface area contributed by atoms with Gasteiger partial charge in [-0.1, -0.05) is 32.4 Å². The number of carbonyl (C=O) groups is 1. The minimum atomic E-state index is -0.836. The van der Waals surface area contributed by atoms with Crippen LogP contribution in [-0.2, 0) is 4.79 Å². The molecule has 0 saturated heterocycles. The Bertz CT molecular complexity index is 489. The molecule has 1 aromatic rings. The normalized spacial score (nSPS) is 26.5. The van der Waals surface area contributed by atoms with Crippen LogP contribution in [0, 0.1) is 11.8 Å². The van der Waals surface area contributed by atoms with Crippen molar-refractivity contribution in [2.75, 3.05) is 5.32 Å². The van der Waals surface area contributed by atoms with E-state index in [1.807, 2.05) is 24.3 Å². The van der Waals surface area contributed by atoms with Gasteiger partial charge < -0.3 is 10.4 Å². The lowest BCUT2D eigenvalue weighted by atomic mass is 9.71. The van der Waals surface area contributed by atoms with Crippen LogP contribution in [0.1, 0.15) is 39.5 Å². The highest BCUT2D eigenvalue weighted by molar-refractivity contribution is 9.10. The third-order valence-electron chi connectivity index (χ3n) is 4.39. The van der Waals surface area contributed by atoms with Crippen molar-refractivity contribution >= 4 is 27.6 Å². The molecule has 1 aliphatic rings. The maximum Gasteiger partial charge on any atom is 0.329 e. The summed E-state index contributed by atoms with van der Waals surface area (Å²) in [6, 6.07) is 7.71. The smallest absolute Gasteiger partial charge is 0.329 e. The van der Waals surface area contributed by atoms with Gasteiger partial charge in [0.2, 0.25) is 0 Å². The van der Waals surface area contributed by atoms with Crippen LogP contribution in [0.25, 0.3) is 0 Å². The molecule has 110 valence electrons. The van der Waals surface area contributed by atoms with Crippen molar-refractivity contribution in [3.63, 3.8) is 0 Å². The standard InChI is InChI=1S/C16H22BrNO2/c1-11(2)12-6-5-9-16(10-12,15(19)20)18-14-8-4-3-7-13(14)17/h3-4,7-8,11-12,18H,5-6,9-10H2,1-2H3,(H,19,20). The Balaban J connectivity index is 2.26. The Kier molecular flexibility index (Phi) is 4.74. The quantitative estimate of drug-likeness (QED) is 0.847. The zero-order valence-corrected chi connectivity index (χ0v) is 13.6. The van der Waals surface area contributed by atoms with Crippen molar-refractivity contribution in [2.24, 2.45) is 11.8 Å². The summed E-state index contributed by atoms with van der Waals surface area (Å²) in [4.78, 5) is 11.9.